The molecule has 4 aliphatic carbocycles. The van der Waals surface area contributed by atoms with Crippen molar-refractivity contribution in [2.45, 2.75) is 81.6 Å². The Morgan fingerprint density at radius 1 is 1.11 bits per heavy atom. The van der Waals surface area contributed by atoms with Gasteiger partial charge in [-0.15, -0.1) is 11.8 Å². The lowest BCUT2D eigenvalue weighted by molar-refractivity contribution is -0.178. The molecule has 0 aromatic heterocycles. The van der Waals surface area contributed by atoms with E-state index in [0.29, 0.717) is 30.6 Å². The van der Waals surface area contributed by atoms with E-state index in [0.717, 1.165) is 48.7 Å². The fourth-order valence-corrected chi connectivity index (χ4v) is 9.02. The number of thioether (sulfide) groups is 1. The van der Waals surface area contributed by atoms with E-state index in [4.69, 9.17) is 0 Å². The third kappa shape index (κ3) is 3.90. The van der Waals surface area contributed by atoms with E-state index >= 15 is 0 Å². The summed E-state index contributed by atoms with van der Waals surface area (Å²) in [6.07, 6.45) is 0.892. The Morgan fingerprint density at radius 2 is 1.81 bits per heavy atom. The van der Waals surface area contributed by atoms with Crippen LogP contribution in [-0.4, -0.2) is 39.2 Å². The van der Waals surface area contributed by atoms with Gasteiger partial charge in [0.15, 0.2) is 11.6 Å². The van der Waals surface area contributed by atoms with E-state index in [1.165, 1.54) is 12.1 Å². The van der Waals surface area contributed by atoms with Gasteiger partial charge in [-0.1, -0.05) is 19.4 Å². The average Bonchev–Trinajstić information content (AvgIpc) is 3.08. The van der Waals surface area contributed by atoms with Crippen LogP contribution in [0, 0.1) is 28.6 Å². The summed E-state index contributed by atoms with van der Waals surface area (Å²) in [5.74, 6) is 0.0468. The molecule has 1 aromatic carbocycles. The van der Waals surface area contributed by atoms with Gasteiger partial charge in [-0.25, -0.2) is 0 Å². The lowest BCUT2D eigenvalue weighted by atomic mass is 9.45. The highest BCUT2D eigenvalue weighted by molar-refractivity contribution is 8.00. The number of carbonyl (C=O) groups is 2. The molecule has 3 fully saturated rings. The predicted octanol–water partition coefficient (Wildman–Crippen LogP) is 5.60. The van der Waals surface area contributed by atoms with Crippen LogP contribution in [0.3, 0.4) is 0 Å². The van der Waals surface area contributed by atoms with Crippen molar-refractivity contribution in [3.05, 3.63) is 41.5 Å². The second kappa shape index (κ2) is 8.70. The van der Waals surface area contributed by atoms with Gasteiger partial charge in [0.2, 0.25) is 0 Å². The highest BCUT2D eigenvalue weighted by Gasteiger charge is 2.68. The third-order valence-corrected chi connectivity index (χ3v) is 11.1. The van der Waals surface area contributed by atoms with Crippen LogP contribution in [0.1, 0.15) is 64.4 Å². The van der Waals surface area contributed by atoms with E-state index in [9.17, 15) is 33.0 Å². The van der Waals surface area contributed by atoms with Crippen molar-refractivity contribution in [1.29, 1.82) is 0 Å². The van der Waals surface area contributed by atoms with Gasteiger partial charge >= 0.3 is 6.18 Å². The summed E-state index contributed by atoms with van der Waals surface area (Å²) >= 11 is 1.13. The van der Waals surface area contributed by atoms with Crippen molar-refractivity contribution in [3.8, 4) is 0 Å². The molecule has 3 saturated carbocycles. The predicted molar refractivity (Wildman–Crippen MR) is 130 cm³/mol. The Bertz CT molecular complexity index is 1100. The molecule has 0 radical (unpaired) electrons. The first-order valence-electron chi connectivity index (χ1n) is 12.8. The zero-order chi connectivity index (χ0) is 26.1. The van der Waals surface area contributed by atoms with E-state index in [1.54, 1.807) is 6.08 Å². The van der Waals surface area contributed by atoms with Gasteiger partial charge in [0.25, 0.3) is 0 Å². The smallest absolute Gasteiger partial charge is 0.393 e. The summed E-state index contributed by atoms with van der Waals surface area (Å²) in [6, 6.07) is 4.69. The van der Waals surface area contributed by atoms with Crippen molar-refractivity contribution < 1.29 is 33.0 Å². The molecule has 0 amide bonds. The summed E-state index contributed by atoms with van der Waals surface area (Å²) in [5.41, 5.74) is -2.19. The summed E-state index contributed by atoms with van der Waals surface area (Å²) in [5, 5.41) is 23.3. The number of fused-ring (bicyclic) bond motifs is 5. The Balaban J connectivity index is 1.34. The fraction of sp³-hybridized carbons (Fsp3) is 0.643. The number of halogens is 3. The van der Waals surface area contributed by atoms with Gasteiger partial charge in [-0.3, -0.25) is 9.59 Å². The van der Waals surface area contributed by atoms with Crippen molar-refractivity contribution in [3.63, 3.8) is 0 Å². The highest BCUT2D eigenvalue weighted by Crippen LogP contribution is 2.67. The zero-order valence-electron chi connectivity index (χ0n) is 20.6. The number of hydrogen-bond acceptors (Lipinski definition) is 5. The van der Waals surface area contributed by atoms with Crippen molar-refractivity contribution in [2.75, 3.05) is 5.75 Å². The molecule has 7 atom stereocenters. The molecular formula is C28H33F3O4S. The SMILES string of the molecule is CC12CCC(=O)C=C1CCC1C2[C@@H](O)CC2(C)C1CC[C@]2(O)C(=O)CSc1ccc(C(F)(F)F)cc1. The van der Waals surface area contributed by atoms with E-state index in [2.05, 4.69) is 6.92 Å². The monoisotopic (exact) mass is 522 g/mol. The summed E-state index contributed by atoms with van der Waals surface area (Å²) in [6.45, 7) is 4.10. The molecule has 5 rings (SSSR count). The first kappa shape index (κ1) is 26.0. The van der Waals surface area contributed by atoms with Crippen LogP contribution in [0.15, 0.2) is 40.8 Å². The van der Waals surface area contributed by atoms with Gasteiger partial charge < -0.3 is 10.2 Å². The number of benzene rings is 1. The summed E-state index contributed by atoms with van der Waals surface area (Å²) < 4.78 is 38.5. The molecule has 0 heterocycles. The summed E-state index contributed by atoms with van der Waals surface area (Å²) in [4.78, 5) is 26.0. The largest absolute Gasteiger partial charge is 0.416 e. The molecule has 1 aromatic rings. The molecule has 0 spiro atoms. The number of aliphatic hydroxyl groups excluding tert-OH is 1. The van der Waals surface area contributed by atoms with Gasteiger partial charge in [-0.05, 0) is 92.0 Å². The topological polar surface area (TPSA) is 74.6 Å². The minimum absolute atomic E-state index is 0.00245. The molecule has 36 heavy (non-hydrogen) atoms. The summed E-state index contributed by atoms with van der Waals surface area (Å²) in [7, 11) is 0. The maximum absolute atomic E-state index is 13.4. The number of rotatable bonds is 4. The van der Waals surface area contributed by atoms with Crippen LogP contribution in [0.25, 0.3) is 0 Å². The van der Waals surface area contributed by atoms with Crippen molar-refractivity contribution >= 4 is 23.3 Å². The minimum Gasteiger partial charge on any atom is -0.393 e. The Morgan fingerprint density at radius 3 is 2.47 bits per heavy atom. The third-order valence-electron chi connectivity index (χ3n) is 10.1. The molecule has 2 N–H and O–H groups in total. The number of alkyl halides is 3. The van der Waals surface area contributed by atoms with Crippen LogP contribution in [0.2, 0.25) is 0 Å². The standard InChI is InChI=1S/C28H33F3O4S/c1-25-11-9-18(32)13-17(25)5-8-20-21-10-12-27(35,26(21,2)14-22(33)24(20)25)23(34)15-36-19-6-3-16(4-7-19)28(29,30)31/h3-4,6-7,13,20-22,24,33,35H,5,8-12,14-15H2,1-2H3/t20?,21?,22-,24?,25?,26?,27-/m0/s1. The Hall–Kier alpha value is -1.64. The van der Waals surface area contributed by atoms with Gasteiger partial charge in [0.05, 0.1) is 17.4 Å². The minimum atomic E-state index is -4.42. The van der Waals surface area contributed by atoms with Crippen molar-refractivity contribution in [1.82, 2.24) is 0 Å². The van der Waals surface area contributed by atoms with Crippen LogP contribution in [0.4, 0.5) is 13.2 Å². The molecule has 196 valence electrons. The highest BCUT2D eigenvalue weighted by atomic mass is 32.2. The maximum atomic E-state index is 13.4. The first-order chi connectivity index (χ1) is 16.8. The number of Topliss-reactive ketones (excluding diaryl/α,β-unsaturated/α-hetero) is 1. The lowest BCUT2D eigenvalue weighted by Gasteiger charge is -2.60. The van der Waals surface area contributed by atoms with E-state index < -0.39 is 28.9 Å². The molecule has 0 aliphatic heterocycles. The molecule has 8 heteroatoms. The molecule has 0 bridgehead atoms. The van der Waals surface area contributed by atoms with E-state index in [-0.39, 0.29) is 40.5 Å². The lowest BCUT2D eigenvalue weighted by Crippen LogP contribution is -2.61. The molecule has 5 unspecified atom stereocenters. The molecular weight excluding hydrogens is 489 g/mol. The van der Waals surface area contributed by atoms with Crippen LogP contribution < -0.4 is 0 Å². The second-order valence-corrected chi connectivity index (χ2v) is 12.8. The Labute approximate surface area is 213 Å². The van der Waals surface area contributed by atoms with E-state index in [1.807, 2.05) is 6.92 Å². The molecule has 0 saturated heterocycles. The molecule has 4 nitrogen and oxygen atoms in total. The van der Waals surface area contributed by atoms with Gasteiger partial charge in [0, 0.05) is 16.7 Å². The first-order valence-corrected chi connectivity index (χ1v) is 13.8. The van der Waals surface area contributed by atoms with Crippen LogP contribution in [-0.2, 0) is 15.8 Å². The zero-order valence-corrected chi connectivity index (χ0v) is 21.4. The number of aliphatic hydroxyl groups is 2. The van der Waals surface area contributed by atoms with Gasteiger partial charge in [0.1, 0.15) is 5.60 Å². The van der Waals surface area contributed by atoms with Crippen molar-refractivity contribution in [2.24, 2.45) is 28.6 Å². The number of carbonyl (C=O) groups excluding carboxylic acids is 2. The number of allylic oxidation sites excluding steroid dienone is 1. The Kier molecular flexibility index (Phi) is 6.28. The second-order valence-electron chi connectivity index (χ2n) is 11.7. The quantitative estimate of drug-likeness (QED) is 0.504. The van der Waals surface area contributed by atoms with Crippen LogP contribution in [0.5, 0.6) is 0 Å². The number of ketones is 2. The number of hydrogen-bond donors (Lipinski definition) is 2. The average molecular weight is 523 g/mol. The fourth-order valence-electron chi connectivity index (χ4n) is 8.16. The maximum Gasteiger partial charge on any atom is 0.416 e. The molecule has 4 aliphatic rings. The van der Waals surface area contributed by atoms with Gasteiger partial charge in [-0.2, -0.15) is 13.2 Å². The van der Waals surface area contributed by atoms with Crippen LogP contribution >= 0.6 is 11.8 Å². The normalized spacial score (nSPS) is 40.2.